The van der Waals surface area contributed by atoms with Crippen molar-refractivity contribution in [2.24, 2.45) is 0 Å². The van der Waals surface area contributed by atoms with E-state index in [0.717, 1.165) is 10.2 Å². The molecule has 0 bridgehead atoms. The summed E-state index contributed by atoms with van der Waals surface area (Å²) in [7, 11) is 0. The van der Waals surface area contributed by atoms with Crippen molar-refractivity contribution in [1.29, 1.82) is 0 Å². The third-order valence-corrected chi connectivity index (χ3v) is 5.68. The second-order valence-corrected chi connectivity index (χ2v) is 7.88. The molecule has 29 heavy (non-hydrogen) atoms. The third-order valence-electron chi connectivity index (χ3n) is 5.68. The number of amides is 1. The van der Waals surface area contributed by atoms with Gasteiger partial charge in [0, 0.05) is 18.5 Å². The molecule has 2 aliphatic heterocycles. The van der Waals surface area contributed by atoms with Gasteiger partial charge in [0.25, 0.3) is 5.92 Å². The molecule has 0 aliphatic carbocycles. The van der Waals surface area contributed by atoms with Crippen molar-refractivity contribution < 1.29 is 18.0 Å². The highest BCUT2D eigenvalue weighted by molar-refractivity contribution is 5.81. The van der Waals surface area contributed by atoms with Crippen LogP contribution in [-0.4, -0.2) is 44.4 Å². The first-order chi connectivity index (χ1) is 13.8. The number of nitrogens with zero attached hydrogens (tertiary/aromatic N) is 4. The van der Waals surface area contributed by atoms with Gasteiger partial charge < -0.3 is 4.90 Å². The predicted molar refractivity (Wildman–Crippen MR) is 99.6 cm³/mol. The molecule has 1 fully saturated rings. The molecule has 0 N–H and O–H groups in total. The molecule has 0 spiro atoms. The lowest BCUT2D eigenvalue weighted by Crippen LogP contribution is -2.42. The second kappa shape index (κ2) is 7.35. The van der Waals surface area contributed by atoms with Crippen LogP contribution >= 0.6 is 0 Å². The average Bonchev–Trinajstić information content (AvgIpc) is 3.25. The van der Waals surface area contributed by atoms with Crippen LogP contribution in [0.25, 0.3) is 0 Å². The van der Waals surface area contributed by atoms with Crippen LogP contribution in [0.5, 0.6) is 0 Å². The third kappa shape index (κ3) is 3.70. The lowest BCUT2D eigenvalue weighted by Gasteiger charge is -2.27. The van der Waals surface area contributed by atoms with E-state index in [-0.39, 0.29) is 24.4 Å². The van der Waals surface area contributed by atoms with Crippen LogP contribution in [-0.2, 0) is 23.7 Å². The topological polar surface area (TPSA) is 60.1 Å². The van der Waals surface area contributed by atoms with Gasteiger partial charge >= 0.3 is 5.69 Å². The number of fused-ring (bicyclic) bond motifs is 1. The van der Waals surface area contributed by atoms with Gasteiger partial charge in [0.05, 0.1) is 6.54 Å². The van der Waals surface area contributed by atoms with Crippen molar-refractivity contribution in [2.45, 2.75) is 57.3 Å². The number of alkyl halides is 3. The average molecular weight is 408 g/mol. The number of likely N-dealkylation sites (tertiary alicyclic amines) is 1. The maximum atomic E-state index is 14.7. The predicted octanol–water partition coefficient (Wildman–Crippen LogP) is 2.59. The van der Waals surface area contributed by atoms with Crippen molar-refractivity contribution in [3.8, 4) is 0 Å². The summed E-state index contributed by atoms with van der Waals surface area (Å²) >= 11 is 0. The minimum atomic E-state index is -3.28. The molecular weight excluding hydrogens is 385 g/mol. The molecule has 1 saturated heterocycles. The van der Waals surface area contributed by atoms with Crippen LogP contribution < -0.4 is 5.69 Å². The van der Waals surface area contributed by atoms with Crippen LogP contribution in [0.2, 0.25) is 0 Å². The normalized spacial score (nSPS) is 22.0. The fraction of sp³-hybridized carbons (Fsp3) is 0.550. The molecule has 1 amide bonds. The van der Waals surface area contributed by atoms with E-state index >= 15 is 0 Å². The smallest absolute Gasteiger partial charge is 0.338 e. The van der Waals surface area contributed by atoms with Crippen molar-refractivity contribution in [1.82, 2.24) is 19.2 Å². The second-order valence-electron chi connectivity index (χ2n) is 7.88. The molecule has 0 radical (unpaired) electrons. The Kier molecular flexibility index (Phi) is 5.00. The van der Waals surface area contributed by atoms with Gasteiger partial charge in [-0.1, -0.05) is 29.8 Å². The van der Waals surface area contributed by atoms with Gasteiger partial charge in [-0.3, -0.25) is 9.36 Å². The molecule has 2 aromatic rings. The van der Waals surface area contributed by atoms with E-state index in [9.17, 15) is 22.8 Å². The van der Waals surface area contributed by atoms with E-state index < -0.39 is 30.4 Å². The molecular formula is C20H23F3N4O2. The first-order valence-corrected chi connectivity index (χ1v) is 9.82. The van der Waals surface area contributed by atoms with Gasteiger partial charge in [0.15, 0.2) is 0 Å². The molecule has 9 heteroatoms. The van der Waals surface area contributed by atoms with Gasteiger partial charge in [-0.15, -0.1) is 0 Å². The molecule has 4 rings (SSSR count). The van der Waals surface area contributed by atoms with Crippen molar-refractivity contribution in [2.75, 3.05) is 13.1 Å². The zero-order chi connectivity index (χ0) is 20.8. The SMILES string of the molecule is Cc1ccc(C(F)(F)Cn2nc3n(c2=O)[C@H](C(=O)N2CC[C@H](F)C2)CCC3)cc1. The summed E-state index contributed by atoms with van der Waals surface area (Å²) in [5.41, 5.74) is -0.0570. The first kappa shape index (κ1) is 19.7. The molecule has 3 heterocycles. The zero-order valence-electron chi connectivity index (χ0n) is 16.2. The van der Waals surface area contributed by atoms with E-state index in [1.165, 1.54) is 21.6 Å². The highest BCUT2D eigenvalue weighted by atomic mass is 19.3. The number of hydrogen-bond acceptors (Lipinski definition) is 3. The highest BCUT2D eigenvalue weighted by Crippen LogP contribution is 2.31. The molecule has 1 aromatic carbocycles. The molecule has 0 unspecified atom stereocenters. The summed E-state index contributed by atoms with van der Waals surface area (Å²) in [6.07, 6.45) is 0.693. The minimum Gasteiger partial charge on any atom is -0.338 e. The number of carbonyl (C=O) groups excluding carboxylic acids is 1. The summed E-state index contributed by atoms with van der Waals surface area (Å²) < 4.78 is 44.9. The largest absolute Gasteiger partial charge is 0.346 e. The Morgan fingerprint density at radius 2 is 1.97 bits per heavy atom. The van der Waals surface area contributed by atoms with Crippen LogP contribution in [0.1, 0.15) is 42.3 Å². The molecule has 156 valence electrons. The van der Waals surface area contributed by atoms with Crippen molar-refractivity contribution in [3.05, 3.63) is 51.7 Å². The standard InChI is InChI=1S/C20H23F3N4O2/c1-13-5-7-14(8-6-13)20(22,23)12-26-19(29)27-16(3-2-4-17(27)24-26)18(28)25-10-9-15(21)11-25/h5-8,15-16H,2-4,9-12H2,1H3/t15-,16-/m0/s1. The van der Waals surface area contributed by atoms with E-state index in [1.807, 2.05) is 0 Å². The summed E-state index contributed by atoms with van der Waals surface area (Å²) in [5.74, 6) is -3.29. The van der Waals surface area contributed by atoms with Gasteiger partial charge in [-0.2, -0.15) is 13.9 Å². The van der Waals surface area contributed by atoms with Gasteiger partial charge in [-0.25, -0.2) is 13.9 Å². The van der Waals surface area contributed by atoms with Crippen LogP contribution in [0.4, 0.5) is 13.2 Å². The van der Waals surface area contributed by atoms with Gasteiger partial charge in [0.1, 0.15) is 24.6 Å². The molecule has 0 saturated carbocycles. The van der Waals surface area contributed by atoms with E-state index in [4.69, 9.17) is 0 Å². The van der Waals surface area contributed by atoms with E-state index in [0.29, 0.717) is 31.6 Å². The quantitative estimate of drug-likeness (QED) is 0.782. The number of aryl methyl sites for hydroxylation is 2. The lowest BCUT2D eigenvalue weighted by molar-refractivity contribution is -0.134. The Morgan fingerprint density at radius 1 is 1.24 bits per heavy atom. The molecule has 6 nitrogen and oxygen atoms in total. The monoisotopic (exact) mass is 408 g/mol. The lowest BCUT2D eigenvalue weighted by atomic mass is 10.0. The van der Waals surface area contributed by atoms with Crippen LogP contribution in [0.15, 0.2) is 29.1 Å². The van der Waals surface area contributed by atoms with Gasteiger partial charge in [0.2, 0.25) is 5.91 Å². The fourth-order valence-corrected chi connectivity index (χ4v) is 4.07. The number of aromatic nitrogens is 3. The number of halogens is 3. The number of benzene rings is 1. The van der Waals surface area contributed by atoms with Crippen molar-refractivity contribution >= 4 is 5.91 Å². The maximum Gasteiger partial charge on any atom is 0.346 e. The summed E-state index contributed by atoms with van der Waals surface area (Å²) in [4.78, 5) is 27.1. The molecule has 2 atom stereocenters. The highest BCUT2D eigenvalue weighted by Gasteiger charge is 2.38. The summed E-state index contributed by atoms with van der Waals surface area (Å²) in [5, 5.41) is 4.10. The Hall–Kier alpha value is -2.58. The summed E-state index contributed by atoms with van der Waals surface area (Å²) in [6, 6.07) is 5.05. The maximum absolute atomic E-state index is 14.7. The van der Waals surface area contributed by atoms with E-state index in [1.54, 1.807) is 19.1 Å². The number of carbonyl (C=O) groups is 1. The number of rotatable bonds is 4. The Morgan fingerprint density at radius 3 is 2.62 bits per heavy atom. The van der Waals surface area contributed by atoms with Crippen molar-refractivity contribution in [3.63, 3.8) is 0 Å². The molecule has 2 aliphatic rings. The fourth-order valence-electron chi connectivity index (χ4n) is 4.07. The Balaban J connectivity index is 1.61. The Bertz CT molecular complexity index is 967. The van der Waals surface area contributed by atoms with E-state index in [2.05, 4.69) is 5.10 Å². The minimum absolute atomic E-state index is 0.0129. The van der Waals surface area contributed by atoms with Crippen LogP contribution in [0, 0.1) is 6.92 Å². The Labute approximate surface area is 165 Å². The van der Waals surface area contributed by atoms with Crippen LogP contribution in [0.3, 0.4) is 0 Å². The number of hydrogen-bond donors (Lipinski definition) is 0. The van der Waals surface area contributed by atoms with Gasteiger partial charge in [-0.05, 0) is 26.2 Å². The molecule has 1 aromatic heterocycles. The summed E-state index contributed by atoms with van der Waals surface area (Å²) in [6.45, 7) is 1.23. The zero-order valence-corrected chi connectivity index (χ0v) is 16.2. The first-order valence-electron chi connectivity index (χ1n) is 9.82.